The van der Waals surface area contributed by atoms with Crippen LogP contribution in [0.2, 0.25) is 0 Å². The van der Waals surface area contributed by atoms with Crippen molar-refractivity contribution in [3.8, 4) is 0 Å². The zero-order valence-electron chi connectivity index (χ0n) is 11.6. The van der Waals surface area contributed by atoms with Crippen molar-refractivity contribution in [2.24, 2.45) is 17.6 Å². The summed E-state index contributed by atoms with van der Waals surface area (Å²) in [5.74, 6) is 1.72. The predicted molar refractivity (Wildman–Crippen MR) is 70.4 cm³/mol. The monoisotopic (exact) mass is 254 g/mol. The van der Waals surface area contributed by atoms with Gasteiger partial charge in [0.1, 0.15) is 0 Å². The molecule has 104 valence electrons. The van der Waals surface area contributed by atoms with E-state index in [0.29, 0.717) is 0 Å². The molecule has 3 fully saturated rings. The van der Waals surface area contributed by atoms with Crippen LogP contribution in [-0.4, -0.2) is 56.5 Å². The van der Waals surface area contributed by atoms with Crippen molar-refractivity contribution < 1.29 is 9.47 Å². The third-order valence-corrected chi connectivity index (χ3v) is 5.75. The van der Waals surface area contributed by atoms with Gasteiger partial charge in [-0.05, 0) is 31.1 Å². The van der Waals surface area contributed by atoms with Gasteiger partial charge in [0.2, 0.25) is 0 Å². The quantitative estimate of drug-likeness (QED) is 0.808. The number of nitrogens with zero attached hydrogens (tertiary/aromatic N) is 1. The van der Waals surface area contributed by atoms with Crippen molar-refractivity contribution in [1.82, 2.24) is 4.90 Å². The second kappa shape index (κ2) is 4.75. The molecule has 4 nitrogen and oxygen atoms in total. The van der Waals surface area contributed by atoms with Crippen LogP contribution >= 0.6 is 0 Å². The minimum atomic E-state index is 0.206. The normalized spacial score (nSPS) is 48.2. The molecule has 3 rings (SSSR count). The molecule has 1 saturated heterocycles. The van der Waals surface area contributed by atoms with Gasteiger partial charge in [0.05, 0.1) is 12.2 Å². The molecule has 2 N–H and O–H groups in total. The summed E-state index contributed by atoms with van der Waals surface area (Å²) >= 11 is 0. The molecule has 0 amide bonds. The van der Waals surface area contributed by atoms with Crippen molar-refractivity contribution in [3.63, 3.8) is 0 Å². The van der Waals surface area contributed by atoms with Crippen molar-refractivity contribution in [2.45, 2.75) is 43.4 Å². The largest absolute Gasteiger partial charge is 0.377 e. The highest BCUT2D eigenvalue weighted by Gasteiger charge is 2.55. The van der Waals surface area contributed by atoms with Crippen LogP contribution in [-0.2, 0) is 9.47 Å². The fourth-order valence-electron chi connectivity index (χ4n) is 4.74. The molecule has 0 aromatic heterocycles. The van der Waals surface area contributed by atoms with E-state index in [-0.39, 0.29) is 17.7 Å². The smallest absolute Gasteiger partial charge is 0.0972 e. The van der Waals surface area contributed by atoms with E-state index in [2.05, 4.69) is 4.90 Å². The predicted octanol–water partition coefficient (Wildman–Crippen LogP) is 0.849. The van der Waals surface area contributed by atoms with Crippen molar-refractivity contribution in [2.75, 3.05) is 33.9 Å². The number of hydrogen-bond acceptors (Lipinski definition) is 4. The summed E-state index contributed by atoms with van der Waals surface area (Å²) in [6, 6.07) is 0. The first-order chi connectivity index (χ1) is 8.73. The van der Waals surface area contributed by atoms with Gasteiger partial charge in [0.15, 0.2) is 0 Å². The fraction of sp³-hybridized carbons (Fsp3) is 1.00. The first-order valence-corrected chi connectivity index (χ1v) is 7.24. The van der Waals surface area contributed by atoms with Gasteiger partial charge in [0, 0.05) is 39.4 Å². The lowest BCUT2D eigenvalue weighted by atomic mass is 9.79. The van der Waals surface area contributed by atoms with Crippen LogP contribution in [0.25, 0.3) is 0 Å². The molecule has 0 aromatic carbocycles. The molecule has 2 saturated carbocycles. The Morgan fingerprint density at radius 3 is 2.22 bits per heavy atom. The van der Waals surface area contributed by atoms with Crippen molar-refractivity contribution in [3.05, 3.63) is 0 Å². The number of hydrogen-bond donors (Lipinski definition) is 1. The first kappa shape index (κ1) is 12.9. The number of rotatable bonds is 4. The number of methoxy groups -OCH3 is 2. The SMILES string of the molecule is COC1CN(C2(CN)CC3CCC2C3)CC1OC. The zero-order chi connectivity index (χ0) is 12.8. The summed E-state index contributed by atoms with van der Waals surface area (Å²) in [6.45, 7) is 2.76. The molecular weight excluding hydrogens is 228 g/mol. The molecule has 5 atom stereocenters. The standard InChI is InChI=1S/C14H26N2O2/c1-17-12-7-16(8-13(12)18-2)14(9-15)6-10-3-4-11(14)5-10/h10-13H,3-9,15H2,1-2H3. The third-order valence-electron chi connectivity index (χ3n) is 5.75. The summed E-state index contributed by atoms with van der Waals surface area (Å²) in [4.78, 5) is 2.58. The van der Waals surface area contributed by atoms with Crippen molar-refractivity contribution in [1.29, 1.82) is 0 Å². The number of fused-ring (bicyclic) bond motifs is 2. The van der Waals surface area contributed by atoms with E-state index in [0.717, 1.165) is 31.5 Å². The Hall–Kier alpha value is -0.160. The lowest BCUT2D eigenvalue weighted by molar-refractivity contribution is -0.00461. The van der Waals surface area contributed by atoms with Gasteiger partial charge >= 0.3 is 0 Å². The van der Waals surface area contributed by atoms with Crippen LogP contribution in [0.3, 0.4) is 0 Å². The Bertz CT molecular complexity index is 300. The highest BCUT2D eigenvalue weighted by molar-refractivity contribution is 5.10. The molecule has 0 spiro atoms. The lowest BCUT2D eigenvalue weighted by Crippen LogP contribution is -2.56. The maximum Gasteiger partial charge on any atom is 0.0972 e. The second-order valence-electron chi connectivity index (χ2n) is 6.34. The van der Waals surface area contributed by atoms with E-state index in [9.17, 15) is 0 Å². The Balaban J connectivity index is 1.77. The average Bonchev–Trinajstić information content (AvgIpc) is 3.10. The van der Waals surface area contributed by atoms with Gasteiger partial charge in [-0.3, -0.25) is 4.90 Å². The fourth-order valence-corrected chi connectivity index (χ4v) is 4.74. The van der Waals surface area contributed by atoms with Gasteiger partial charge in [-0.2, -0.15) is 0 Å². The minimum absolute atomic E-state index is 0.206. The first-order valence-electron chi connectivity index (χ1n) is 7.24. The summed E-state index contributed by atoms with van der Waals surface area (Å²) in [6.07, 6.45) is 5.88. The van der Waals surface area contributed by atoms with E-state index < -0.39 is 0 Å². The van der Waals surface area contributed by atoms with E-state index in [4.69, 9.17) is 15.2 Å². The Morgan fingerprint density at radius 2 is 1.83 bits per heavy atom. The highest BCUT2D eigenvalue weighted by atomic mass is 16.5. The van der Waals surface area contributed by atoms with Crippen molar-refractivity contribution >= 4 is 0 Å². The Labute approximate surface area is 110 Å². The molecule has 0 radical (unpaired) electrons. The van der Waals surface area contributed by atoms with Crippen LogP contribution < -0.4 is 5.73 Å². The van der Waals surface area contributed by atoms with Gasteiger partial charge in [0.25, 0.3) is 0 Å². The molecule has 2 aliphatic carbocycles. The van der Waals surface area contributed by atoms with Crippen LogP contribution in [0.5, 0.6) is 0 Å². The third kappa shape index (κ3) is 1.73. The number of nitrogens with two attached hydrogens (primary N) is 1. The van der Waals surface area contributed by atoms with Crippen LogP contribution in [0.15, 0.2) is 0 Å². The average molecular weight is 254 g/mol. The van der Waals surface area contributed by atoms with E-state index in [1.165, 1.54) is 25.7 Å². The molecule has 1 heterocycles. The van der Waals surface area contributed by atoms with E-state index in [1.54, 1.807) is 14.2 Å². The molecule has 3 aliphatic rings. The van der Waals surface area contributed by atoms with Gasteiger partial charge in [-0.25, -0.2) is 0 Å². The Kier molecular flexibility index (Phi) is 3.39. The lowest BCUT2D eigenvalue weighted by Gasteiger charge is -2.44. The van der Waals surface area contributed by atoms with Gasteiger partial charge in [-0.15, -0.1) is 0 Å². The minimum Gasteiger partial charge on any atom is -0.377 e. The molecule has 5 unspecified atom stereocenters. The van der Waals surface area contributed by atoms with Crippen LogP contribution in [0, 0.1) is 11.8 Å². The molecule has 0 aromatic rings. The molecule has 4 heteroatoms. The molecule has 2 bridgehead atoms. The summed E-state index contributed by atoms with van der Waals surface area (Å²) in [5.41, 5.74) is 6.43. The topological polar surface area (TPSA) is 47.7 Å². The molecule has 18 heavy (non-hydrogen) atoms. The maximum absolute atomic E-state index is 6.19. The van der Waals surface area contributed by atoms with Gasteiger partial charge < -0.3 is 15.2 Å². The van der Waals surface area contributed by atoms with Crippen LogP contribution in [0.4, 0.5) is 0 Å². The molecular formula is C14H26N2O2. The molecule has 1 aliphatic heterocycles. The summed E-state index contributed by atoms with van der Waals surface area (Å²) in [7, 11) is 3.58. The number of likely N-dealkylation sites (tertiary alicyclic amines) is 1. The maximum atomic E-state index is 6.19. The van der Waals surface area contributed by atoms with E-state index in [1.807, 2.05) is 0 Å². The number of ether oxygens (including phenoxy) is 2. The second-order valence-corrected chi connectivity index (χ2v) is 6.34. The summed E-state index contributed by atoms with van der Waals surface area (Å²) in [5, 5.41) is 0. The van der Waals surface area contributed by atoms with Gasteiger partial charge in [-0.1, -0.05) is 6.42 Å². The highest BCUT2D eigenvalue weighted by Crippen LogP contribution is 2.53. The zero-order valence-corrected chi connectivity index (χ0v) is 11.6. The Morgan fingerprint density at radius 1 is 1.17 bits per heavy atom. The van der Waals surface area contributed by atoms with Crippen LogP contribution in [0.1, 0.15) is 25.7 Å². The summed E-state index contributed by atoms with van der Waals surface area (Å²) < 4.78 is 11.1. The van der Waals surface area contributed by atoms with E-state index >= 15 is 0 Å².